The Labute approximate surface area is 117 Å². The third-order valence-electron chi connectivity index (χ3n) is 2.64. The third kappa shape index (κ3) is 6.05. The van der Waals surface area contributed by atoms with Crippen LogP contribution in [0.2, 0.25) is 0 Å². The SMILES string of the molecule is CC(C)CCNC(=O)NCCc1ccccc1Br. The Balaban J connectivity index is 2.18. The van der Waals surface area contributed by atoms with Crippen molar-refractivity contribution in [3.63, 3.8) is 0 Å². The fourth-order valence-corrected chi connectivity index (χ4v) is 2.03. The molecule has 2 N–H and O–H groups in total. The summed E-state index contributed by atoms with van der Waals surface area (Å²) >= 11 is 3.49. The van der Waals surface area contributed by atoms with Gasteiger partial charge in [-0.05, 0) is 30.4 Å². The van der Waals surface area contributed by atoms with Crippen molar-refractivity contribution in [2.45, 2.75) is 26.7 Å². The summed E-state index contributed by atoms with van der Waals surface area (Å²) in [5.74, 6) is 0.616. The minimum atomic E-state index is -0.0808. The average Bonchev–Trinajstić information content (AvgIpc) is 2.31. The smallest absolute Gasteiger partial charge is 0.314 e. The van der Waals surface area contributed by atoms with Crippen LogP contribution in [0.3, 0.4) is 0 Å². The van der Waals surface area contributed by atoms with Gasteiger partial charge in [0.2, 0.25) is 0 Å². The molecule has 0 aromatic heterocycles. The lowest BCUT2D eigenvalue weighted by atomic mass is 10.1. The average molecular weight is 313 g/mol. The Hall–Kier alpha value is -1.03. The van der Waals surface area contributed by atoms with Crippen molar-refractivity contribution >= 4 is 22.0 Å². The zero-order chi connectivity index (χ0) is 13.4. The van der Waals surface area contributed by atoms with E-state index in [1.54, 1.807) is 0 Å². The van der Waals surface area contributed by atoms with Gasteiger partial charge in [-0.15, -0.1) is 0 Å². The molecule has 0 bridgehead atoms. The van der Waals surface area contributed by atoms with E-state index in [2.05, 4.69) is 46.5 Å². The van der Waals surface area contributed by atoms with E-state index in [0.717, 1.165) is 23.9 Å². The Kier molecular flexibility index (Phi) is 6.80. The van der Waals surface area contributed by atoms with Gasteiger partial charge in [-0.3, -0.25) is 0 Å². The molecule has 0 radical (unpaired) electrons. The quantitative estimate of drug-likeness (QED) is 0.831. The maximum atomic E-state index is 11.5. The van der Waals surface area contributed by atoms with Crippen LogP contribution in [0.1, 0.15) is 25.8 Å². The van der Waals surface area contributed by atoms with Gasteiger partial charge >= 0.3 is 6.03 Å². The maximum absolute atomic E-state index is 11.5. The number of hydrogen-bond donors (Lipinski definition) is 2. The number of rotatable bonds is 6. The first-order valence-corrected chi connectivity index (χ1v) is 7.14. The van der Waals surface area contributed by atoms with Crippen LogP contribution >= 0.6 is 15.9 Å². The van der Waals surface area contributed by atoms with Crippen LogP contribution in [0.4, 0.5) is 4.79 Å². The molecule has 0 atom stereocenters. The van der Waals surface area contributed by atoms with Gasteiger partial charge in [-0.25, -0.2) is 4.79 Å². The fourth-order valence-electron chi connectivity index (χ4n) is 1.55. The number of carbonyl (C=O) groups is 1. The Morgan fingerprint density at radius 2 is 1.89 bits per heavy atom. The molecule has 0 saturated heterocycles. The Morgan fingerprint density at radius 1 is 1.22 bits per heavy atom. The van der Waals surface area contributed by atoms with Gasteiger partial charge in [0, 0.05) is 17.6 Å². The summed E-state index contributed by atoms with van der Waals surface area (Å²) in [5.41, 5.74) is 1.21. The highest BCUT2D eigenvalue weighted by Crippen LogP contribution is 2.15. The number of hydrogen-bond acceptors (Lipinski definition) is 1. The first-order valence-electron chi connectivity index (χ1n) is 6.34. The van der Waals surface area contributed by atoms with E-state index >= 15 is 0 Å². The highest BCUT2D eigenvalue weighted by Gasteiger charge is 2.02. The summed E-state index contributed by atoms with van der Waals surface area (Å²) in [6, 6.07) is 7.98. The molecular weight excluding hydrogens is 292 g/mol. The van der Waals surface area contributed by atoms with Crippen LogP contribution in [0.15, 0.2) is 28.7 Å². The molecule has 0 saturated carbocycles. The van der Waals surface area contributed by atoms with E-state index in [0.29, 0.717) is 12.5 Å². The molecule has 0 unspecified atom stereocenters. The topological polar surface area (TPSA) is 41.1 Å². The van der Waals surface area contributed by atoms with Crippen molar-refractivity contribution < 1.29 is 4.79 Å². The molecule has 1 aromatic carbocycles. The van der Waals surface area contributed by atoms with Crippen molar-refractivity contribution in [3.8, 4) is 0 Å². The third-order valence-corrected chi connectivity index (χ3v) is 3.42. The van der Waals surface area contributed by atoms with Crippen LogP contribution in [-0.2, 0) is 6.42 Å². The molecule has 2 amide bonds. The van der Waals surface area contributed by atoms with E-state index in [4.69, 9.17) is 0 Å². The second-order valence-electron chi connectivity index (χ2n) is 4.71. The lowest BCUT2D eigenvalue weighted by Crippen LogP contribution is -2.37. The molecule has 0 aliphatic heterocycles. The molecule has 1 rings (SSSR count). The fraction of sp³-hybridized carbons (Fsp3) is 0.500. The molecule has 3 nitrogen and oxygen atoms in total. The molecule has 0 aliphatic rings. The molecule has 0 spiro atoms. The summed E-state index contributed by atoms with van der Waals surface area (Å²) < 4.78 is 1.09. The van der Waals surface area contributed by atoms with Gasteiger partial charge in [0.05, 0.1) is 0 Å². The molecule has 0 aliphatic carbocycles. The summed E-state index contributed by atoms with van der Waals surface area (Å²) in [4.78, 5) is 11.5. The first kappa shape index (κ1) is 15.0. The van der Waals surface area contributed by atoms with E-state index in [9.17, 15) is 4.79 Å². The number of carbonyl (C=O) groups excluding carboxylic acids is 1. The molecule has 4 heteroatoms. The zero-order valence-corrected chi connectivity index (χ0v) is 12.6. The predicted molar refractivity (Wildman–Crippen MR) is 78.7 cm³/mol. The normalized spacial score (nSPS) is 10.4. The van der Waals surface area contributed by atoms with E-state index < -0.39 is 0 Å². The lowest BCUT2D eigenvalue weighted by Gasteiger charge is -2.09. The highest BCUT2D eigenvalue weighted by molar-refractivity contribution is 9.10. The van der Waals surface area contributed by atoms with Gasteiger partial charge in [-0.2, -0.15) is 0 Å². The van der Waals surface area contributed by atoms with E-state index in [-0.39, 0.29) is 6.03 Å². The van der Waals surface area contributed by atoms with Crippen LogP contribution in [0.25, 0.3) is 0 Å². The van der Waals surface area contributed by atoms with Gasteiger partial charge in [0.1, 0.15) is 0 Å². The van der Waals surface area contributed by atoms with E-state index in [1.807, 2.05) is 18.2 Å². The molecule has 100 valence electrons. The van der Waals surface area contributed by atoms with Crippen LogP contribution in [-0.4, -0.2) is 19.1 Å². The lowest BCUT2D eigenvalue weighted by molar-refractivity contribution is 0.240. The predicted octanol–water partition coefficient (Wildman–Crippen LogP) is 3.34. The van der Waals surface area contributed by atoms with Gasteiger partial charge in [0.25, 0.3) is 0 Å². The van der Waals surface area contributed by atoms with Crippen LogP contribution in [0, 0.1) is 5.92 Å². The number of nitrogens with one attached hydrogen (secondary N) is 2. The molecule has 0 heterocycles. The van der Waals surface area contributed by atoms with E-state index in [1.165, 1.54) is 5.56 Å². The van der Waals surface area contributed by atoms with Gasteiger partial charge < -0.3 is 10.6 Å². The van der Waals surface area contributed by atoms with Crippen LogP contribution < -0.4 is 10.6 Å². The number of benzene rings is 1. The minimum Gasteiger partial charge on any atom is -0.338 e. The molecule has 1 aromatic rings. The monoisotopic (exact) mass is 312 g/mol. The standard InChI is InChI=1S/C14H21BrN2O/c1-11(2)7-9-16-14(18)17-10-8-12-5-3-4-6-13(12)15/h3-6,11H,7-10H2,1-2H3,(H2,16,17,18). The highest BCUT2D eigenvalue weighted by atomic mass is 79.9. The van der Waals surface area contributed by atoms with Gasteiger partial charge in [-0.1, -0.05) is 48.0 Å². The minimum absolute atomic E-state index is 0.0808. The zero-order valence-electron chi connectivity index (χ0n) is 11.0. The van der Waals surface area contributed by atoms with Gasteiger partial charge in [0.15, 0.2) is 0 Å². The summed E-state index contributed by atoms with van der Waals surface area (Å²) in [7, 11) is 0. The second-order valence-corrected chi connectivity index (χ2v) is 5.56. The molecule has 0 fully saturated rings. The molecular formula is C14H21BrN2O. The number of halogens is 1. The Morgan fingerprint density at radius 3 is 2.56 bits per heavy atom. The summed E-state index contributed by atoms with van der Waals surface area (Å²) in [5, 5.41) is 5.71. The second kappa shape index (κ2) is 8.14. The number of amides is 2. The summed E-state index contributed by atoms with van der Waals surface area (Å²) in [6.07, 6.45) is 1.84. The van der Waals surface area contributed by atoms with Crippen molar-refractivity contribution in [2.24, 2.45) is 5.92 Å². The van der Waals surface area contributed by atoms with Crippen molar-refractivity contribution in [1.29, 1.82) is 0 Å². The van der Waals surface area contributed by atoms with Crippen molar-refractivity contribution in [2.75, 3.05) is 13.1 Å². The number of urea groups is 1. The Bertz CT molecular complexity index is 380. The summed E-state index contributed by atoms with van der Waals surface area (Å²) in [6.45, 7) is 5.67. The molecule has 18 heavy (non-hydrogen) atoms. The first-order chi connectivity index (χ1) is 8.59. The largest absolute Gasteiger partial charge is 0.338 e. The van der Waals surface area contributed by atoms with Crippen molar-refractivity contribution in [3.05, 3.63) is 34.3 Å². The van der Waals surface area contributed by atoms with Crippen LogP contribution in [0.5, 0.6) is 0 Å². The maximum Gasteiger partial charge on any atom is 0.314 e. The van der Waals surface area contributed by atoms with Crippen molar-refractivity contribution in [1.82, 2.24) is 10.6 Å².